The number of ether oxygens (including phenoxy) is 3. The first-order chi connectivity index (χ1) is 18.7. The topological polar surface area (TPSA) is 81.6 Å². The van der Waals surface area contributed by atoms with E-state index in [1.165, 1.54) is 0 Å². The summed E-state index contributed by atoms with van der Waals surface area (Å²) in [5.74, 6) is 3.09. The summed E-state index contributed by atoms with van der Waals surface area (Å²) in [5, 5.41) is 5.33. The lowest BCUT2D eigenvalue weighted by Crippen LogP contribution is -2.38. The number of aryl methyl sites for hydroxylation is 1. The number of benzene rings is 3. The Bertz CT molecular complexity index is 1560. The summed E-state index contributed by atoms with van der Waals surface area (Å²) >= 11 is 0. The van der Waals surface area contributed by atoms with Crippen molar-refractivity contribution >= 4 is 33.3 Å². The van der Waals surface area contributed by atoms with Crippen LogP contribution in [-0.2, 0) is 4.74 Å². The predicted octanol–water partition coefficient (Wildman–Crippen LogP) is 5.73. The molecule has 0 atom stereocenters. The number of morpholine rings is 1. The number of anilines is 2. The lowest BCUT2D eigenvalue weighted by molar-refractivity contribution is 0.0322. The fourth-order valence-electron chi connectivity index (χ4n) is 4.60. The molecule has 1 aliphatic rings. The van der Waals surface area contributed by atoms with Crippen LogP contribution in [0.4, 0.5) is 11.5 Å². The van der Waals surface area contributed by atoms with E-state index in [0.717, 1.165) is 89.0 Å². The van der Waals surface area contributed by atoms with Gasteiger partial charge in [-0.3, -0.25) is 9.88 Å². The van der Waals surface area contributed by atoms with Crippen LogP contribution in [0.15, 0.2) is 79.3 Å². The molecule has 0 amide bonds. The molecule has 0 radical (unpaired) electrons. The second-order valence-electron chi connectivity index (χ2n) is 9.24. The highest BCUT2D eigenvalue weighted by atomic mass is 16.5. The monoisotopic (exact) mass is 507 g/mol. The zero-order valence-corrected chi connectivity index (χ0v) is 21.3. The molecule has 1 aliphatic heterocycles. The molecule has 0 saturated carbocycles. The van der Waals surface area contributed by atoms with Gasteiger partial charge in [-0.1, -0.05) is 6.07 Å². The van der Waals surface area contributed by atoms with Gasteiger partial charge in [-0.15, -0.1) is 0 Å². The van der Waals surface area contributed by atoms with Crippen LogP contribution in [0.1, 0.15) is 5.56 Å². The molecule has 192 valence electrons. The van der Waals surface area contributed by atoms with Gasteiger partial charge in [0.1, 0.15) is 36.0 Å². The first kappa shape index (κ1) is 24.1. The molecule has 1 saturated heterocycles. The van der Waals surface area contributed by atoms with E-state index in [-0.39, 0.29) is 0 Å². The van der Waals surface area contributed by atoms with Crippen molar-refractivity contribution in [3.63, 3.8) is 0 Å². The van der Waals surface area contributed by atoms with Gasteiger partial charge in [-0.25, -0.2) is 9.97 Å². The van der Waals surface area contributed by atoms with Crippen molar-refractivity contribution in [1.82, 2.24) is 19.9 Å². The number of nitrogens with one attached hydrogen (secondary N) is 1. The Morgan fingerprint density at radius 3 is 2.66 bits per heavy atom. The maximum absolute atomic E-state index is 6.27. The highest BCUT2D eigenvalue weighted by molar-refractivity contribution is 5.91. The molecular weight excluding hydrogens is 478 g/mol. The van der Waals surface area contributed by atoms with Crippen molar-refractivity contribution in [3.05, 3.63) is 84.8 Å². The van der Waals surface area contributed by atoms with Crippen LogP contribution >= 0.6 is 0 Å². The van der Waals surface area contributed by atoms with Gasteiger partial charge in [0.25, 0.3) is 0 Å². The number of fused-ring (bicyclic) bond motifs is 2. The average Bonchev–Trinajstić information content (AvgIpc) is 2.95. The van der Waals surface area contributed by atoms with E-state index in [4.69, 9.17) is 14.2 Å². The Labute approximate surface area is 221 Å². The minimum absolute atomic E-state index is 0.620. The van der Waals surface area contributed by atoms with E-state index in [9.17, 15) is 0 Å². The van der Waals surface area contributed by atoms with E-state index in [2.05, 4.69) is 31.2 Å². The third kappa shape index (κ3) is 5.37. The molecule has 6 rings (SSSR count). The maximum atomic E-state index is 6.27. The first-order valence-electron chi connectivity index (χ1n) is 12.8. The van der Waals surface area contributed by atoms with Gasteiger partial charge >= 0.3 is 0 Å². The van der Waals surface area contributed by atoms with Crippen LogP contribution < -0.4 is 14.8 Å². The number of hydrogen-bond donors (Lipinski definition) is 1. The molecule has 3 heterocycles. The summed E-state index contributed by atoms with van der Waals surface area (Å²) in [6.45, 7) is 7.00. The molecule has 3 aromatic carbocycles. The predicted molar refractivity (Wildman–Crippen MR) is 149 cm³/mol. The smallest absolute Gasteiger partial charge is 0.141 e. The van der Waals surface area contributed by atoms with Crippen molar-refractivity contribution in [3.8, 4) is 17.2 Å². The van der Waals surface area contributed by atoms with Crippen molar-refractivity contribution in [1.29, 1.82) is 0 Å². The standard InChI is InChI=1S/C30H29N5O3/c1-21-18-22(7-10-28(21)38-29-6-2-5-26-24(29)4-3-11-31-26)34-30-25-19-23(8-9-27(25)32-20-33-30)37-17-14-35-12-15-36-16-13-35/h2-11,18-20H,12-17H2,1H3,(H,32,33,34). The highest BCUT2D eigenvalue weighted by Gasteiger charge is 2.12. The lowest BCUT2D eigenvalue weighted by atomic mass is 10.1. The molecule has 1 N–H and O–H groups in total. The molecule has 0 unspecified atom stereocenters. The summed E-state index contributed by atoms with van der Waals surface area (Å²) < 4.78 is 17.7. The van der Waals surface area contributed by atoms with E-state index < -0.39 is 0 Å². The molecule has 8 nitrogen and oxygen atoms in total. The van der Waals surface area contributed by atoms with E-state index in [1.54, 1.807) is 12.5 Å². The van der Waals surface area contributed by atoms with Crippen molar-refractivity contribution in [2.24, 2.45) is 0 Å². The zero-order valence-electron chi connectivity index (χ0n) is 21.3. The quantitative estimate of drug-likeness (QED) is 0.285. The number of pyridine rings is 1. The minimum atomic E-state index is 0.620. The van der Waals surface area contributed by atoms with Gasteiger partial charge in [-0.2, -0.15) is 0 Å². The Morgan fingerprint density at radius 1 is 0.868 bits per heavy atom. The number of hydrogen-bond acceptors (Lipinski definition) is 8. The lowest BCUT2D eigenvalue weighted by Gasteiger charge is -2.26. The number of nitrogens with zero attached hydrogens (tertiary/aromatic N) is 4. The largest absolute Gasteiger partial charge is 0.492 e. The van der Waals surface area contributed by atoms with Crippen LogP contribution in [-0.4, -0.2) is 59.3 Å². The zero-order chi connectivity index (χ0) is 25.7. The molecule has 2 aromatic heterocycles. The second kappa shape index (κ2) is 11.0. The molecule has 0 spiro atoms. The molecule has 0 aliphatic carbocycles. The van der Waals surface area contributed by atoms with Crippen LogP contribution in [0.3, 0.4) is 0 Å². The SMILES string of the molecule is Cc1cc(Nc2ncnc3ccc(OCCN4CCOCC4)cc23)ccc1Oc1cccc2ncccc12. The van der Waals surface area contributed by atoms with Gasteiger partial charge in [0.15, 0.2) is 0 Å². The maximum Gasteiger partial charge on any atom is 0.141 e. The van der Waals surface area contributed by atoms with E-state index in [0.29, 0.717) is 6.61 Å². The Morgan fingerprint density at radius 2 is 1.76 bits per heavy atom. The fraction of sp³-hybridized carbons (Fsp3) is 0.233. The molecule has 38 heavy (non-hydrogen) atoms. The van der Waals surface area contributed by atoms with Gasteiger partial charge in [0.2, 0.25) is 0 Å². The van der Waals surface area contributed by atoms with Gasteiger partial charge < -0.3 is 19.5 Å². The van der Waals surface area contributed by atoms with Crippen LogP contribution in [0.2, 0.25) is 0 Å². The van der Waals surface area contributed by atoms with E-state index in [1.807, 2.05) is 67.6 Å². The van der Waals surface area contributed by atoms with Gasteiger partial charge in [-0.05, 0) is 73.2 Å². The molecule has 1 fully saturated rings. The number of rotatable bonds is 8. The van der Waals surface area contributed by atoms with Crippen LogP contribution in [0.5, 0.6) is 17.2 Å². The normalized spacial score (nSPS) is 14.0. The van der Waals surface area contributed by atoms with E-state index >= 15 is 0 Å². The summed E-state index contributed by atoms with van der Waals surface area (Å²) in [7, 11) is 0. The Balaban J connectivity index is 1.18. The molecule has 0 bridgehead atoms. The summed E-state index contributed by atoms with van der Waals surface area (Å²) in [6.07, 6.45) is 3.36. The number of aromatic nitrogens is 3. The van der Waals surface area contributed by atoms with Crippen molar-refractivity contribution in [2.45, 2.75) is 6.92 Å². The highest BCUT2D eigenvalue weighted by Crippen LogP contribution is 2.33. The van der Waals surface area contributed by atoms with Gasteiger partial charge in [0.05, 0.1) is 24.2 Å². The second-order valence-corrected chi connectivity index (χ2v) is 9.24. The first-order valence-corrected chi connectivity index (χ1v) is 12.8. The summed E-state index contributed by atoms with van der Waals surface area (Å²) in [5.41, 5.74) is 3.67. The molecule has 8 heteroatoms. The van der Waals surface area contributed by atoms with Crippen LogP contribution in [0.25, 0.3) is 21.8 Å². The third-order valence-electron chi connectivity index (χ3n) is 6.65. The van der Waals surface area contributed by atoms with Crippen LogP contribution in [0, 0.1) is 6.92 Å². The fourth-order valence-corrected chi connectivity index (χ4v) is 4.60. The summed E-state index contributed by atoms with van der Waals surface area (Å²) in [6, 6.07) is 21.8. The Kier molecular flexibility index (Phi) is 6.97. The molecular formula is C30H29N5O3. The Hall–Kier alpha value is -4.27. The van der Waals surface area contributed by atoms with Crippen molar-refractivity contribution in [2.75, 3.05) is 44.8 Å². The van der Waals surface area contributed by atoms with Crippen molar-refractivity contribution < 1.29 is 14.2 Å². The van der Waals surface area contributed by atoms with Gasteiger partial charge in [0, 0.05) is 42.3 Å². The third-order valence-corrected chi connectivity index (χ3v) is 6.65. The molecule has 5 aromatic rings. The minimum Gasteiger partial charge on any atom is -0.492 e. The summed E-state index contributed by atoms with van der Waals surface area (Å²) in [4.78, 5) is 15.7. The average molecular weight is 508 g/mol.